The Kier molecular flexibility index (Phi) is 4.09. The lowest BCUT2D eigenvalue weighted by Gasteiger charge is -2.02. The summed E-state index contributed by atoms with van der Waals surface area (Å²) in [6.45, 7) is 0. The second-order valence-electron chi connectivity index (χ2n) is 3.66. The van der Waals surface area contributed by atoms with Gasteiger partial charge in [-0.2, -0.15) is 4.99 Å². The number of anilines is 1. The van der Waals surface area contributed by atoms with Crippen LogP contribution < -0.4 is 16.8 Å². The predicted molar refractivity (Wildman–Crippen MR) is 81.1 cm³/mol. The van der Waals surface area contributed by atoms with E-state index in [9.17, 15) is 0 Å². The number of hydrogen-bond donors (Lipinski definition) is 3. The van der Waals surface area contributed by atoms with Crippen LogP contribution in [0.2, 0.25) is 0 Å². The Morgan fingerprint density at radius 2 is 2.26 bits per heavy atom. The Bertz CT molecular complexity index is 612. The predicted octanol–water partition coefficient (Wildman–Crippen LogP) is 1.79. The van der Waals surface area contributed by atoms with Crippen molar-refractivity contribution in [2.24, 2.45) is 21.5 Å². The van der Waals surface area contributed by atoms with Crippen LogP contribution in [0.5, 0.6) is 0 Å². The Morgan fingerprint density at radius 3 is 3.00 bits per heavy atom. The van der Waals surface area contributed by atoms with Crippen molar-refractivity contribution in [1.29, 1.82) is 0 Å². The minimum atomic E-state index is 0.00970. The largest absolute Gasteiger partial charge is 0.370 e. The lowest BCUT2D eigenvalue weighted by molar-refractivity contribution is 1.33. The third-order valence-corrected chi connectivity index (χ3v) is 2.97. The first-order chi connectivity index (χ1) is 9.19. The lowest BCUT2D eigenvalue weighted by Crippen LogP contribution is -2.21. The highest BCUT2D eigenvalue weighted by molar-refractivity contribution is 7.13. The quantitative estimate of drug-likeness (QED) is 0.584. The first kappa shape index (κ1) is 13.0. The highest BCUT2D eigenvalue weighted by Gasteiger charge is 2.04. The third kappa shape index (κ3) is 3.52. The molecule has 2 rings (SSSR count). The van der Waals surface area contributed by atoms with Crippen LogP contribution in [-0.4, -0.2) is 24.3 Å². The molecule has 0 spiro atoms. The molecule has 19 heavy (non-hydrogen) atoms. The fourth-order valence-corrected chi connectivity index (χ4v) is 2.18. The highest BCUT2D eigenvalue weighted by atomic mass is 32.1. The SMILES string of the molecule is CN=CNc1cccc(-c2csc(N=C(N)N)n2)c1. The standard InChI is InChI=1S/C12H14N6S/c1-15-7-16-9-4-2-3-8(5-9)10-6-19-12(17-10)18-11(13)14/h2-7H,1H3,(H,15,16)(H4,13,14,17,18). The molecule has 1 heterocycles. The molecular formula is C12H14N6S. The molecule has 0 amide bonds. The first-order valence-electron chi connectivity index (χ1n) is 5.52. The maximum Gasteiger partial charge on any atom is 0.212 e. The number of nitrogens with zero attached hydrogens (tertiary/aromatic N) is 3. The lowest BCUT2D eigenvalue weighted by atomic mass is 10.1. The molecule has 2 aromatic rings. The summed E-state index contributed by atoms with van der Waals surface area (Å²) in [7, 11) is 1.71. The Hall–Kier alpha value is -2.41. The minimum Gasteiger partial charge on any atom is -0.370 e. The van der Waals surface area contributed by atoms with E-state index in [-0.39, 0.29) is 5.96 Å². The van der Waals surface area contributed by atoms with Gasteiger partial charge in [0.1, 0.15) is 0 Å². The topological polar surface area (TPSA) is 102 Å². The molecule has 5 N–H and O–H groups in total. The summed E-state index contributed by atoms with van der Waals surface area (Å²) < 4.78 is 0. The number of aliphatic imine (C=N–C) groups is 2. The summed E-state index contributed by atoms with van der Waals surface area (Å²) >= 11 is 1.39. The monoisotopic (exact) mass is 274 g/mol. The van der Waals surface area contributed by atoms with Crippen LogP contribution in [0.25, 0.3) is 11.3 Å². The Labute approximate surface area is 114 Å². The highest BCUT2D eigenvalue weighted by Crippen LogP contribution is 2.27. The number of nitrogens with two attached hydrogens (primary N) is 2. The molecule has 6 nitrogen and oxygen atoms in total. The maximum atomic E-state index is 5.32. The van der Waals surface area contributed by atoms with Crippen LogP contribution in [-0.2, 0) is 0 Å². The summed E-state index contributed by atoms with van der Waals surface area (Å²) in [5.74, 6) is 0.00970. The van der Waals surface area contributed by atoms with Gasteiger partial charge in [0, 0.05) is 23.7 Å². The van der Waals surface area contributed by atoms with Gasteiger partial charge in [0.2, 0.25) is 5.13 Å². The van der Waals surface area contributed by atoms with E-state index in [0.29, 0.717) is 5.13 Å². The van der Waals surface area contributed by atoms with Crippen LogP contribution >= 0.6 is 11.3 Å². The Morgan fingerprint density at radius 1 is 1.42 bits per heavy atom. The van der Waals surface area contributed by atoms with Crippen LogP contribution in [0.3, 0.4) is 0 Å². The molecule has 0 aliphatic carbocycles. The van der Waals surface area contributed by atoms with E-state index in [4.69, 9.17) is 11.5 Å². The van der Waals surface area contributed by atoms with E-state index < -0.39 is 0 Å². The minimum absolute atomic E-state index is 0.00970. The fraction of sp³-hybridized carbons (Fsp3) is 0.0833. The van der Waals surface area contributed by atoms with E-state index in [2.05, 4.69) is 20.3 Å². The number of rotatable bonds is 4. The fourth-order valence-electron chi connectivity index (χ4n) is 1.47. The van der Waals surface area contributed by atoms with Gasteiger partial charge in [-0.25, -0.2) is 4.98 Å². The van der Waals surface area contributed by atoms with Gasteiger partial charge in [-0.15, -0.1) is 11.3 Å². The zero-order valence-corrected chi connectivity index (χ0v) is 11.2. The van der Waals surface area contributed by atoms with Crippen molar-refractivity contribution in [2.75, 3.05) is 12.4 Å². The molecular weight excluding hydrogens is 260 g/mol. The second-order valence-corrected chi connectivity index (χ2v) is 4.50. The van der Waals surface area contributed by atoms with Gasteiger partial charge in [0.05, 0.1) is 12.0 Å². The molecule has 0 fully saturated rings. The molecule has 0 atom stereocenters. The van der Waals surface area contributed by atoms with E-state index in [1.807, 2.05) is 29.6 Å². The molecule has 0 aliphatic heterocycles. The average Bonchev–Trinajstić information content (AvgIpc) is 2.84. The number of thiazole rings is 1. The number of hydrogen-bond acceptors (Lipinski definition) is 4. The summed E-state index contributed by atoms with van der Waals surface area (Å²) in [5, 5.41) is 5.52. The zero-order valence-electron chi connectivity index (χ0n) is 10.4. The van der Waals surface area contributed by atoms with Gasteiger partial charge in [0.15, 0.2) is 5.96 Å². The summed E-state index contributed by atoms with van der Waals surface area (Å²) in [4.78, 5) is 12.1. The molecule has 1 aromatic heterocycles. The third-order valence-electron chi connectivity index (χ3n) is 2.24. The first-order valence-corrected chi connectivity index (χ1v) is 6.40. The molecule has 0 unspecified atom stereocenters. The number of benzene rings is 1. The van der Waals surface area contributed by atoms with Crippen LogP contribution in [0.15, 0.2) is 39.6 Å². The van der Waals surface area contributed by atoms with Crippen molar-refractivity contribution in [3.63, 3.8) is 0 Å². The van der Waals surface area contributed by atoms with Crippen molar-refractivity contribution in [1.82, 2.24) is 4.98 Å². The van der Waals surface area contributed by atoms with Gasteiger partial charge in [-0.3, -0.25) is 4.99 Å². The van der Waals surface area contributed by atoms with Gasteiger partial charge >= 0.3 is 0 Å². The van der Waals surface area contributed by atoms with E-state index in [1.54, 1.807) is 13.4 Å². The summed E-state index contributed by atoms with van der Waals surface area (Å²) in [6.07, 6.45) is 1.63. The maximum absolute atomic E-state index is 5.32. The molecule has 1 aromatic carbocycles. The average molecular weight is 274 g/mol. The normalized spacial score (nSPS) is 10.6. The molecule has 7 heteroatoms. The van der Waals surface area contributed by atoms with Gasteiger partial charge in [0.25, 0.3) is 0 Å². The molecule has 0 radical (unpaired) electrons. The van der Waals surface area contributed by atoms with Crippen molar-refractivity contribution in [2.45, 2.75) is 0 Å². The molecule has 0 bridgehead atoms. The molecule has 0 saturated carbocycles. The smallest absolute Gasteiger partial charge is 0.212 e. The van der Waals surface area contributed by atoms with E-state index in [0.717, 1.165) is 16.9 Å². The van der Waals surface area contributed by atoms with Crippen molar-refractivity contribution < 1.29 is 0 Å². The van der Waals surface area contributed by atoms with E-state index in [1.165, 1.54) is 11.3 Å². The Balaban J connectivity index is 2.26. The number of aromatic nitrogens is 1. The van der Waals surface area contributed by atoms with Crippen molar-refractivity contribution >= 4 is 34.5 Å². The number of nitrogens with one attached hydrogen (secondary N) is 1. The van der Waals surface area contributed by atoms with Crippen molar-refractivity contribution in [3.8, 4) is 11.3 Å². The number of guanidine groups is 1. The van der Waals surface area contributed by atoms with Crippen molar-refractivity contribution in [3.05, 3.63) is 29.6 Å². The molecule has 0 aliphatic rings. The molecule has 98 valence electrons. The van der Waals surface area contributed by atoms with Crippen LogP contribution in [0, 0.1) is 0 Å². The van der Waals surface area contributed by atoms with Crippen LogP contribution in [0.4, 0.5) is 10.8 Å². The zero-order chi connectivity index (χ0) is 13.7. The van der Waals surface area contributed by atoms with Crippen LogP contribution in [0.1, 0.15) is 0 Å². The van der Waals surface area contributed by atoms with E-state index >= 15 is 0 Å². The van der Waals surface area contributed by atoms with Gasteiger partial charge in [-0.1, -0.05) is 12.1 Å². The second kappa shape index (κ2) is 5.96. The summed E-state index contributed by atoms with van der Waals surface area (Å²) in [6, 6.07) is 7.86. The summed E-state index contributed by atoms with van der Waals surface area (Å²) in [5.41, 5.74) is 13.4. The van der Waals surface area contributed by atoms with Gasteiger partial charge < -0.3 is 16.8 Å². The molecule has 0 saturated heterocycles. The van der Waals surface area contributed by atoms with Gasteiger partial charge in [-0.05, 0) is 12.1 Å².